The molecule has 1 aromatic heterocycles. The number of carbonyl (C=O) groups is 2. The summed E-state index contributed by atoms with van der Waals surface area (Å²) < 4.78 is 22.5. The topological polar surface area (TPSA) is 96.0 Å². The Kier molecular flexibility index (Phi) is 8.35. The lowest BCUT2D eigenvalue weighted by molar-refractivity contribution is -0.146. The normalized spacial score (nSPS) is 18.6. The highest BCUT2D eigenvalue weighted by atomic mass is 28.4. The first-order chi connectivity index (χ1) is 15.1. The van der Waals surface area contributed by atoms with Crippen LogP contribution in [-0.2, 0) is 18.7 Å². The standard InChI is InChI=1S/C24H38N2O6Si/c1-10-29-21(27)18-19-17(31-20(18)26-22(28)32-23(2,3)4)14-16(15-25-19)12-11-13-30-33(8,9)24(5,6)7/h11-12,14-15,18,20H,10,13H2,1-9H3,(H,26,28). The van der Waals surface area contributed by atoms with E-state index in [4.69, 9.17) is 18.6 Å². The predicted octanol–water partition coefficient (Wildman–Crippen LogP) is 5.01. The molecule has 0 aromatic carbocycles. The van der Waals surface area contributed by atoms with E-state index in [0.717, 1.165) is 5.56 Å². The van der Waals surface area contributed by atoms with Crippen molar-refractivity contribution in [1.82, 2.24) is 10.3 Å². The summed E-state index contributed by atoms with van der Waals surface area (Å²) in [5.41, 5.74) is 0.537. The van der Waals surface area contributed by atoms with E-state index in [0.29, 0.717) is 18.1 Å². The molecule has 0 spiro atoms. The second-order valence-electron chi connectivity index (χ2n) is 10.5. The lowest BCUT2D eigenvalue weighted by Gasteiger charge is -2.35. The number of ether oxygens (including phenoxy) is 3. The zero-order valence-electron chi connectivity index (χ0n) is 21.3. The Hall–Kier alpha value is -2.39. The van der Waals surface area contributed by atoms with Crippen LogP contribution >= 0.6 is 0 Å². The first kappa shape index (κ1) is 26.9. The van der Waals surface area contributed by atoms with Crippen LogP contribution in [-0.4, -0.2) is 50.4 Å². The number of fused-ring (bicyclic) bond motifs is 1. The summed E-state index contributed by atoms with van der Waals surface area (Å²) >= 11 is 0. The molecule has 1 N–H and O–H groups in total. The van der Waals surface area contributed by atoms with Crippen LogP contribution in [0.2, 0.25) is 18.1 Å². The molecule has 2 atom stereocenters. The Balaban J connectivity index is 2.15. The summed E-state index contributed by atoms with van der Waals surface area (Å²) in [6.07, 6.45) is 3.85. The van der Waals surface area contributed by atoms with Crippen molar-refractivity contribution in [3.8, 4) is 5.75 Å². The maximum absolute atomic E-state index is 12.6. The van der Waals surface area contributed by atoms with Gasteiger partial charge in [0.1, 0.15) is 17.0 Å². The average molecular weight is 479 g/mol. The Labute approximate surface area is 198 Å². The van der Waals surface area contributed by atoms with Gasteiger partial charge in [-0.3, -0.25) is 15.1 Å². The van der Waals surface area contributed by atoms with Gasteiger partial charge in [0, 0.05) is 6.20 Å². The summed E-state index contributed by atoms with van der Waals surface area (Å²) in [5.74, 6) is -0.982. The average Bonchev–Trinajstić information content (AvgIpc) is 2.99. The lowest BCUT2D eigenvalue weighted by Crippen LogP contribution is -2.45. The van der Waals surface area contributed by atoms with Crippen LogP contribution in [0.1, 0.15) is 65.6 Å². The molecule has 0 aliphatic carbocycles. The van der Waals surface area contributed by atoms with Crippen LogP contribution in [0.5, 0.6) is 5.75 Å². The predicted molar refractivity (Wildman–Crippen MR) is 130 cm³/mol. The molecule has 1 aliphatic rings. The van der Waals surface area contributed by atoms with Gasteiger partial charge in [0.2, 0.25) is 0 Å². The van der Waals surface area contributed by atoms with Gasteiger partial charge in [0.15, 0.2) is 20.5 Å². The van der Waals surface area contributed by atoms with Crippen molar-refractivity contribution in [1.29, 1.82) is 0 Å². The van der Waals surface area contributed by atoms with Gasteiger partial charge in [-0.25, -0.2) is 4.79 Å². The summed E-state index contributed by atoms with van der Waals surface area (Å²) in [5, 5.41) is 2.76. The van der Waals surface area contributed by atoms with Crippen LogP contribution < -0.4 is 10.1 Å². The van der Waals surface area contributed by atoms with E-state index >= 15 is 0 Å². The van der Waals surface area contributed by atoms with E-state index in [2.05, 4.69) is 44.2 Å². The summed E-state index contributed by atoms with van der Waals surface area (Å²) in [4.78, 5) is 29.3. The fourth-order valence-corrected chi connectivity index (χ4v) is 3.84. The smallest absolute Gasteiger partial charge is 0.410 e. The second kappa shape index (κ2) is 10.3. The lowest BCUT2D eigenvalue weighted by atomic mass is 10.0. The molecule has 0 saturated heterocycles. The van der Waals surface area contributed by atoms with Gasteiger partial charge in [-0.1, -0.05) is 32.9 Å². The molecule has 2 rings (SSSR count). The summed E-state index contributed by atoms with van der Waals surface area (Å²) in [6, 6.07) is 1.79. The molecule has 0 bridgehead atoms. The summed E-state index contributed by atoms with van der Waals surface area (Å²) in [7, 11) is -1.83. The molecule has 8 nitrogen and oxygen atoms in total. The molecule has 1 aliphatic heterocycles. The minimum absolute atomic E-state index is 0.141. The third-order valence-electron chi connectivity index (χ3n) is 5.61. The molecule has 1 aromatic rings. The number of esters is 1. The number of aromatic nitrogens is 1. The minimum Gasteiger partial charge on any atom is -0.467 e. The highest BCUT2D eigenvalue weighted by Crippen LogP contribution is 2.38. The number of carbonyl (C=O) groups excluding carboxylic acids is 2. The van der Waals surface area contributed by atoms with E-state index in [9.17, 15) is 9.59 Å². The molecule has 2 unspecified atom stereocenters. The molecular formula is C24H38N2O6Si. The van der Waals surface area contributed by atoms with Crippen LogP contribution in [0.25, 0.3) is 6.08 Å². The molecule has 0 fully saturated rings. The third-order valence-corrected chi connectivity index (χ3v) is 10.1. The molecule has 184 valence electrons. The molecule has 1 amide bonds. The first-order valence-electron chi connectivity index (χ1n) is 11.3. The van der Waals surface area contributed by atoms with Crippen LogP contribution in [0.3, 0.4) is 0 Å². The van der Waals surface area contributed by atoms with Crippen molar-refractivity contribution in [3.63, 3.8) is 0 Å². The van der Waals surface area contributed by atoms with Gasteiger partial charge in [-0.05, 0) is 57.5 Å². The molecule has 2 heterocycles. The summed E-state index contributed by atoms with van der Waals surface area (Å²) in [6.45, 7) is 18.7. The number of amides is 1. The Morgan fingerprint density at radius 2 is 1.88 bits per heavy atom. The second-order valence-corrected chi connectivity index (χ2v) is 15.3. The first-order valence-corrected chi connectivity index (χ1v) is 14.2. The van der Waals surface area contributed by atoms with Gasteiger partial charge in [0.25, 0.3) is 0 Å². The number of hydrogen-bond acceptors (Lipinski definition) is 7. The molecular weight excluding hydrogens is 440 g/mol. The van der Waals surface area contributed by atoms with E-state index in [1.54, 1.807) is 40.0 Å². The largest absolute Gasteiger partial charge is 0.467 e. The fraction of sp³-hybridized carbons (Fsp3) is 0.625. The quantitative estimate of drug-likeness (QED) is 0.435. The zero-order valence-corrected chi connectivity index (χ0v) is 22.3. The van der Waals surface area contributed by atoms with Crippen molar-refractivity contribution in [2.24, 2.45) is 0 Å². The highest BCUT2D eigenvalue weighted by molar-refractivity contribution is 6.74. The van der Waals surface area contributed by atoms with E-state index in [-0.39, 0.29) is 11.6 Å². The third kappa shape index (κ3) is 7.30. The van der Waals surface area contributed by atoms with Gasteiger partial charge in [-0.15, -0.1) is 0 Å². The number of pyridine rings is 1. The molecule has 0 saturated carbocycles. The number of alkyl carbamates (subject to hydrolysis) is 1. The monoisotopic (exact) mass is 478 g/mol. The molecule has 33 heavy (non-hydrogen) atoms. The van der Waals surface area contributed by atoms with Crippen molar-refractivity contribution in [3.05, 3.63) is 29.6 Å². The number of nitrogens with one attached hydrogen (secondary N) is 1. The van der Waals surface area contributed by atoms with E-state index in [1.807, 2.05) is 12.2 Å². The Morgan fingerprint density at radius 3 is 2.45 bits per heavy atom. The SMILES string of the molecule is CCOC(=O)C1c2ncc(C=CCO[Si](C)(C)C(C)(C)C)cc2OC1NC(=O)OC(C)(C)C. The fourth-order valence-electron chi connectivity index (χ4n) is 2.90. The van der Waals surface area contributed by atoms with Crippen molar-refractivity contribution >= 4 is 26.5 Å². The number of rotatable bonds is 7. The van der Waals surface area contributed by atoms with Gasteiger partial charge in [0.05, 0.1) is 13.2 Å². The van der Waals surface area contributed by atoms with E-state index < -0.39 is 38.1 Å². The van der Waals surface area contributed by atoms with Crippen molar-refractivity contribution in [2.45, 2.75) is 84.3 Å². The van der Waals surface area contributed by atoms with Gasteiger partial charge in [-0.2, -0.15) is 0 Å². The maximum atomic E-state index is 12.6. The van der Waals surface area contributed by atoms with Crippen LogP contribution in [0.4, 0.5) is 4.79 Å². The van der Waals surface area contributed by atoms with Crippen molar-refractivity contribution < 1.29 is 28.2 Å². The van der Waals surface area contributed by atoms with Gasteiger partial charge < -0.3 is 18.6 Å². The van der Waals surface area contributed by atoms with E-state index in [1.165, 1.54) is 0 Å². The van der Waals surface area contributed by atoms with Crippen LogP contribution in [0, 0.1) is 0 Å². The van der Waals surface area contributed by atoms with Gasteiger partial charge >= 0.3 is 12.1 Å². The van der Waals surface area contributed by atoms with Crippen molar-refractivity contribution in [2.75, 3.05) is 13.2 Å². The maximum Gasteiger partial charge on any atom is 0.410 e. The zero-order chi connectivity index (χ0) is 25.0. The molecule has 0 radical (unpaired) electrons. The minimum atomic E-state index is -1.83. The van der Waals surface area contributed by atoms with Crippen LogP contribution in [0.15, 0.2) is 18.3 Å². The number of nitrogens with zero attached hydrogens (tertiary/aromatic N) is 1. The highest BCUT2D eigenvalue weighted by Gasteiger charge is 2.44. The Bertz CT molecular complexity index is 886. The number of hydrogen-bond donors (Lipinski definition) is 1. The molecule has 9 heteroatoms. The Morgan fingerprint density at radius 1 is 1.21 bits per heavy atom.